The van der Waals surface area contributed by atoms with Crippen molar-refractivity contribution in [2.45, 2.75) is 32.6 Å². The third-order valence-corrected chi connectivity index (χ3v) is 3.56. The molecule has 5 nitrogen and oxygen atoms in total. The zero-order valence-electron chi connectivity index (χ0n) is 12.9. The number of nitrogens with two attached hydrogens (primary N) is 1. The minimum Gasteiger partial charge on any atom is -0.344 e. The summed E-state index contributed by atoms with van der Waals surface area (Å²) in [4.78, 5) is 23.7. The molecule has 0 saturated carbocycles. The molecule has 0 saturated heterocycles. The lowest BCUT2D eigenvalue weighted by Crippen LogP contribution is -2.52. The van der Waals surface area contributed by atoms with E-state index in [1.807, 2.05) is 30.3 Å². The Balaban J connectivity index is 2.88. The Labute approximate surface area is 126 Å². The molecular formula is C16H25N2O3+. The van der Waals surface area contributed by atoms with Crippen molar-refractivity contribution in [3.05, 3.63) is 30.3 Å². The van der Waals surface area contributed by atoms with Crippen molar-refractivity contribution in [2.75, 3.05) is 20.1 Å². The summed E-state index contributed by atoms with van der Waals surface area (Å²) in [6, 6.07) is 9.37. The van der Waals surface area contributed by atoms with Crippen molar-refractivity contribution in [1.29, 1.82) is 0 Å². The smallest absolute Gasteiger partial charge is 0.344 e. The molecule has 0 radical (unpaired) electrons. The first kappa shape index (κ1) is 17.3. The summed E-state index contributed by atoms with van der Waals surface area (Å²) >= 11 is 0. The molecule has 116 valence electrons. The number of esters is 1. The minimum absolute atomic E-state index is 0.0453. The first-order chi connectivity index (χ1) is 10.0. The molecule has 21 heavy (non-hydrogen) atoms. The van der Waals surface area contributed by atoms with Gasteiger partial charge in [-0.05, 0) is 25.0 Å². The van der Waals surface area contributed by atoms with Crippen LogP contribution in [0.4, 0.5) is 10.5 Å². The Morgan fingerprint density at radius 2 is 1.81 bits per heavy atom. The lowest BCUT2D eigenvalue weighted by Gasteiger charge is -2.29. The van der Waals surface area contributed by atoms with Crippen molar-refractivity contribution in [3.63, 3.8) is 0 Å². The first-order valence-corrected chi connectivity index (χ1v) is 7.41. The maximum Gasteiger partial charge on any atom is 0.528 e. The van der Waals surface area contributed by atoms with Gasteiger partial charge in [0, 0.05) is 0 Å². The van der Waals surface area contributed by atoms with E-state index in [-0.39, 0.29) is 11.0 Å². The van der Waals surface area contributed by atoms with Gasteiger partial charge in [-0.1, -0.05) is 38.0 Å². The summed E-state index contributed by atoms with van der Waals surface area (Å²) in [7, 11) is 1.77. The number of unbranched alkanes of at least 4 members (excludes halogenated alkanes) is 3. The third kappa shape index (κ3) is 4.95. The highest BCUT2D eigenvalue weighted by Gasteiger charge is 2.37. The SMILES string of the molecule is CCCCCC[N+](C)(C(=O)OC(=O)CN)c1ccccc1. The zero-order chi connectivity index (χ0) is 15.7. The van der Waals surface area contributed by atoms with Crippen LogP contribution in [0.15, 0.2) is 30.3 Å². The van der Waals surface area contributed by atoms with Crippen LogP contribution in [0.25, 0.3) is 0 Å². The minimum atomic E-state index is -0.700. The molecule has 1 aromatic rings. The van der Waals surface area contributed by atoms with E-state index in [4.69, 9.17) is 10.5 Å². The Kier molecular flexibility index (Phi) is 7.05. The van der Waals surface area contributed by atoms with E-state index in [0.29, 0.717) is 6.54 Å². The fraction of sp³-hybridized carbons (Fsp3) is 0.500. The Hall–Kier alpha value is -1.72. The van der Waals surface area contributed by atoms with E-state index in [9.17, 15) is 9.59 Å². The van der Waals surface area contributed by atoms with Gasteiger partial charge < -0.3 is 10.5 Å². The van der Waals surface area contributed by atoms with Gasteiger partial charge in [0.25, 0.3) is 0 Å². The number of carbonyl (C=O) groups excluding carboxylic acids is 2. The molecule has 0 aromatic heterocycles. The Bertz CT molecular complexity index is 462. The van der Waals surface area contributed by atoms with Crippen LogP contribution in [0, 0.1) is 0 Å². The number of benzene rings is 1. The third-order valence-electron chi connectivity index (χ3n) is 3.56. The maximum absolute atomic E-state index is 12.4. The van der Waals surface area contributed by atoms with Gasteiger partial charge in [-0.25, -0.2) is 0 Å². The van der Waals surface area contributed by atoms with Crippen molar-refractivity contribution in [3.8, 4) is 0 Å². The summed E-state index contributed by atoms with van der Waals surface area (Å²) in [5, 5.41) is 0. The van der Waals surface area contributed by atoms with Crippen LogP contribution < -0.4 is 10.2 Å². The van der Waals surface area contributed by atoms with E-state index in [2.05, 4.69) is 6.92 Å². The molecule has 5 heteroatoms. The van der Waals surface area contributed by atoms with Crippen molar-refractivity contribution < 1.29 is 14.3 Å². The van der Waals surface area contributed by atoms with Crippen LogP contribution in [0.2, 0.25) is 0 Å². The number of para-hydroxylation sites is 1. The topological polar surface area (TPSA) is 69.4 Å². The summed E-state index contributed by atoms with van der Waals surface area (Å²) < 4.78 is 4.80. The lowest BCUT2D eigenvalue weighted by molar-refractivity contribution is -0.136. The summed E-state index contributed by atoms with van der Waals surface area (Å²) in [6.07, 6.45) is 3.63. The first-order valence-electron chi connectivity index (χ1n) is 7.41. The number of carbonyl (C=O) groups is 2. The van der Waals surface area contributed by atoms with Gasteiger partial charge in [0.2, 0.25) is 0 Å². The fourth-order valence-electron chi connectivity index (χ4n) is 2.18. The van der Waals surface area contributed by atoms with Gasteiger partial charge >= 0.3 is 12.1 Å². The van der Waals surface area contributed by atoms with E-state index in [1.54, 1.807) is 7.05 Å². The number of nitrogens with zero attached hydrogens (tertiary/aromatic N) is 1. The van der Waals surface area contributed by atoms with Gasteiger partial charge in [0.15, 0.2) is 0 Å². The number of hydrogen-bond donors (Lipinski definition) is 1. The second-order valence-corrected chi connectivity index (χ2v) is 5.26. The second kappa shape index (κ2) is 8.54. The van der Waals surface area contributed by atoms with Crippen LogP contribution in [0.5, 0.6) is 0 Å². The van der Waals surface area contributed by atoms with Crippen LogP contribution in [-0.2, 0) is 9.53 Å². The van der Waals surface area contributed by atoms with E-state index in [1.165, 1.54) is 0 Å². The molecule has 1 aromatic carbocycles. The number of amides is 1. The average Bonchev–Trinajstić information content (AvgIpc) is 2.51. The molecule has 0 bridgehead atoms. The van der Waals surface area contributed by atoms with E-state index < -0.39 is 12.1 Å². The fourth-order valence-corrected chi connectivity index (χ4v) is 2.18. The van der Waals surface area contributed by atoms with Gasteiger partial charge in [0.05, 0.1) is 20.1 Å². The standard InChI is InChI=1S/C16H25N2O3/c1-3-4-5-9-12-18(2,14-10-7-6-8-11-14)16(20)21-15(19)13-17/h6-8,10-11H,3-5,9,12-13,17H2,1-2H3/q+1. The molecule has 0 heterocycles. The van der Waals surface area contributed by atoms with Crippen molar-refractivity contribution >= 4 is 17.7 Å². The molecule has 1 unspecified atom stereocenters. The lowest BCUT2D eigenvalue weighted by atomic mass is 10.1. The highest BCUT2D eigenvalue weighted by atomic mass is 16.6. The van der Waals surface area contributed by atoms with Gasteiger partial charge in [-0.15, -0.1) is 0 Å². The van der Waals surface area contributed by atoms with Crippen LogP contribution in [0.3, 0.4) is 0 Å². The van der Waals surface area contributed by atoms with E-state index in [0.717, 1.165) is 31.4 Å². The molecule has 1 rings (SSSR count). The molecule has 0 aliphatic heterocycles. The van der Waals surface area contributed by atoms with Gasteiger partial charge in [0.1, 0.15) is 5.69 Å². The predicted molar refractivity (Wildman–Crippen MR) is 83.7 cm³/mol. The highest BCUT2D eigenvalue weighted by Crippen LogP contribution is 2.23. The number of ether oxygens (including phenoxy) is 1. The van der Waals surface area contributed by atoms with Crippen molar-refractivity contribution in [1.82, 2.24) is 4.48 Å². The van der Waals surface area contributed by atoms with Crippen LogP contribution in [0.1, 0.15) is 32.6 Å². The molecule has 0 aliphatic carbocycles. The van der Waals surface area contributed by atoms with Gasteiger partial charge in [-0.2, -0.15) is 9.28 Å². The summed E-state index contributed by atoms with van der Waals surface area (Å²) in [5.74, 6) is -0.700. The van der Waals surface area contributed by atoms with E-state index >= 15 is 0 Å². The molecule has 1 amide bonds. The van der Waals surface area contributed by atoms with Crippen molar-refractivity contribution in [2.24, 2.45) is 5.73 Å². The summed E-state index contributed by atoms with van der Waals surface area (Å²) in [6.45, 7) is 2.44. The number of rotatable bonds is 7. The Morgan fingerprint density at radius 1 is 1.14 bits per heavy atom. The zero-order valence-corrected chi connectivity index (χ0v) is 12.9. The molecule has 1 atom stereocenters. The quantitative estimate of drug-likeness (QED) is 0.363. The predicted octanol–water partition coefficient (Wildman–Crippen LogP) is 2.83. The number of quaternary nitrogens is 1. The molecule has 0 spiro atoms. The summed E-state index contributed by atoms with van der Waals surface area (Å²) in [5.41, 5.74) is 6.02. The van der Waals surface area contributed by atoms with Crippen LogP contribution >= 0.6 is 0 Å². The molecule has 0 aliphatic rings. The van der Waals surface area contributed by atoms with Crippen LogP contribution in [-0.4, -0.2) is 32.2 Å². The largest absolute Gasteiger partial charge is 0.528 e. The average molecular weight is 293 g/mol. The maximum atomic E-state index is 12.4. The second-order valence-electron chi connectivity index (χ2n) is 5.26. The molecular weight excluding hydrogens is 268 g/mol. The number of hydrogen-bond acceptors (Lipinski definition) is 4. The molecule has 0 fully saturated rings. The normalized spacial score (nSPS) is 13.5. The van der Waals surface area contributed by atoms with Gasteiger partial charge in [-0.3, -0.25) is 4.79 Å². The Morgan fingerprint density at radius 3 is 2.38 bits per heavy atom. The molecule has 2 N–H and O–H groups in total. The highest BCUT2D eigenvalue weighted by molar-refractivity contribution is 5.91. The monoisotopic (exact) mass is 293 g/mol.